The largest absolute Gasteiger partial charge is 0.495 e. The van der Waals surface area contributed by atoms with Crippen molar-refractivity contribution in [3.05, 3.63) is 41.5 Å². The molecule has 0 fully saturated rings. The highest BCUT2D eigenvalue weighted by Gasteiger charge is 2.18. The van der Waals surface area contributed by atoms with E-state index < -0.39 is 18.6 Å². The molecule has 0 saturated carbocycles. The summed E-state index contributed by atoms with van der Waals surface area (Å²) in [5.74, 6) is 1.15. The van der Waals surface area contributed by atoms with Gasteiger partial charge in [-0.2, -0.15) is 0 Å². The molecule has 2 aromatic rings. The number of amides is 1. The zero-order valence-electron chi connectivity index (χ0n) is 18.3. The van der Waals surface area contributed by atoms with Gasteiger partial charge in [0.1, 0.15) is 11.8 Å². The van der Waals surface area contributed by atoms with Gasteiger partial charge >= 0.3 is 0 Å². The number of anilines is 1. The molecule has 5 N–H and O–H groups in total. The van der Waals surface area contributed by atoms with Crippen LogP contribution in [0.15, 0.2) is 30.3 Å². The molecular formula is C22H27N3O6S. The zero-order valence-corrected chi connectivity index (χ0v) is 19.2. The number of benzene rings is 2. The molecule has 172 valence electrons. The number of hydrogen-bond donors (Lipinski definition) is 5. The Kier molecular flexibility index (Phi) is 8.94. The van der Waals surface area contributed by atoms with Crippen molar-refractivity contribution in [1.29, 1.82) is 5.41 Å². The molecule has 2 rings (SSSR count). The Morgan fingerprint density at radius 2 is 1.66 bits per heavy atom. The van der Waals surface area contributed by atoms with Gasteiger partial charge in [0.15, 0.2) is 11.5 Å². The van der Waals surface area contributed by atoms with Crippen molar-refractivity contribution < 1.29 is 28.8 Å². The first-order valence-electron chi connectivity index (χ1n) is 9.44. The lowest BCUT2D eigenvalue weighted by Crippen LogP contribution is -2.38. The lowest BCUT2D eigenvalue weighted by Gasteiger charge is -2.17. The fourth-order valence-corrected chi connectivity index (χ4v) is 3.27. The average Bonchev–Trinajstić information content (AvgIpc) is 2.82. The highest BCUT2D eigenvalue weighted by atomic mass is 32.1. The maximum absolute atomic E-state index is 12.2. The molecule has 0 aliphatic rings. The van der Waals surface area contributed by atoms with Gasteiger partial charge in [-0.05, 0) is 35.4 Å². The number of aliphatic hydroxyl groups excluding tert-OH is 1. The van der Waals surface area contributed by atoms with Crippen LogP contribution in [-0.4, -0.2) is 58.3 Å². The van der Waals surface area contributed by atoms with Crippen LogP contribution in [0.4, 0.5) is 5.69 Å². The average molecular weight is 462 g/mol. The second kappa shape index (κ2) is 11.4. The molecule has 32 heavy (non-hydrogen) atoms. The molecule has 9 nitrogen and oxygen atoms in total. The van der Waals surface area contributed by atoms with Crippen LogP contribution in [0.5, 0.6) is 23.0 Å². The van der Waals surface area contributed by atoms with Crippen molar-refractivity contribution in [2.45, 2.75) is 6.04 Å². The van der Waals surface area contributed by atoms with Crippen LogP contribution < -0.4 is 30.0 Å². The molecule has 0 spiro atoms. The number of aliphatic hydroxyl groups is 1. The third-order valence-corrected chi connectivity index (χ3v) is 5.14. The highest BCUT2D eigenvalue weighted by molar-refractivity contribution is 7.91. The van der Waals surface area contributed by atoms with E-state index in [1.54, 1.807) is 30.3 Å². The summed E-state index contributed by atoms with van der Waals surface area (Å²) in [6.45, 7) is -0.499. The van der Waals surface area contributed by atoms with Gasteiger partial charge in [-0.25, -0.2) is 0 Å². The Balaban J connectivity index is 2.61. The summed E-state index contributed by atoms with van der Waals surface area (Å²) in [6.07, 6.45) is 1.15. The number of nitrogens with one attached hydrogen (secondary N) is 2. The van der Waals surface area contributed by atoms with E-state index in [-0.39, 0.29) is 0 Å². The number of methoxy groups -OCH3 is 4. The molecule has 0 aliphatic heterocycles. The number of nitrogens with two attached hydrogens (primary N) is 1. The number of ether oxygens (including phenoxy) is 4. The summed E-state index contributed by atoms with van der Waals surface area (Å²) in [5.41, 5.74) is 7.61. The maximum Gasteiger partial charge on any atom is 0.243 e. The summed E-state index contributed by atoms with van der Waals surface area (Å²) in [4.78, 5) is 12.6. The van der Waals surface area contributed by atoms with Crippen LogP contribution in [0.25, 0.3) is 10.5 Å². The second-order valence-electron chi connectivity index (χ2n) is 6.51. The third-order valence-electron chi connectivity index (χ3n) is 4.64. The van der Waals surface area contributed by atoms with Gasteiger partial charge in [-0.3, -0.25) is 4.79 Å². The Morgan fingerprint density at radius 3 is 2.12 bits per heavy atom. The minimum absolute atomic E-state index is 0.337. The minimum Gasteiger partial charge on any atom is -0.495 e. The number of carbonyl (C=O) groups excluding carboxylic acids is 1. The van der Waals surface area contributed by atoms with Crippen LogP contribution in [0, 0.1) is 5.41 Å². The lowest BCUT2D eigenvalue weighted by molar-refractivity contribution is -0.118. The summed E-state index contributed by atoms with van der Waals surface area (Å²) in [7, 11) is 5.99. The van der Waals surface area contributed by atoms with Crippen LogP contribution in [0.2, 0.25) is 0 Å². The lowest BCUT2D eigenvalue weighted by atomic mass is 10.0. The van der Waals surface area contributed by atoms with Gasteiger partial charge < -0.3 is 40.5 Å². The van der Waals surface area contributed by atoms with E-state index in [0.29, 0.717) is 50.3 Å². The monoisotopic (exact) mass is 461 g/mol. The van der Waals surface area contributed by atoms with Crippen molar-refractivity contribution in [2.75, 3.05) is 40.4 Å². The highest BCUT2D eigenvalue weighted by Crippen LogP contribution is 2.42. The Hall–Kier alpha value is -3.21. The third kappa shape index (κ3) is 5.34. The molecule has 0 radical (unpaired) electrons. The van der Waals surface area contributed by atoms with Crippen LogP contribution in [-0.2, 0) is 4.79 Å². The molecule has 0 aliphatic carbocycles. The predicted octanol–water partition coefficient (Wildman–Crippen LogP) is 2.43. The first-order chi connectivity index (χ1) is 15.3. The molecule has 2 aromatic carbocycles. The summed E-state index contributed by atoms with van der Waals surface area (Å²) in [5, 5.41) is 19.7. The molecule has 0 bridgehead atoms. The smallest absolute Gasteiger partial charge is 0.243 e. The Labute approximate surface area is 192 Å². The SMILES string of the molecule is COc1ccc(/C(C=N)=C(/S)c2cc(OC)c(OC)c(OC)c2)cc1NC(=O)C(N)CO. The summed E-state index contributed by atoms with van der Waals surface area (Å²) < 4.78 is 21.5. The van der Waals surface area contributed by atoms with Gasteiger partial charge in [0, 0.05) is 16.7 Å². The number of rotatable bonds is 10. The van der Waals surface area contributed by atoms with Crippen molar-refractivity contribution >= 4 is 40.9 Å². The molecule has 0 saturated heterocycles. The van der Waals surface area contributed by atoms with E-state index in [1.165, 1.54) is 28.4 Å². The van der Waals surface area contributed by atoms with Crippen LogP contribution in [0.1, 0.15) is 11.1 Å². The molecular weight excluding hydrogens is 434 g/mol. The fourth-order valence-electron chi connectivity index (χ4n) is 2.94. The molecule has 0 aromatic heterocycles. The first-order valence-corrected chi connectivity index (χ1v) is 9.89. The number of thiol groups is 1. The van der Waals surface area contributed by atoms with Gasteiger partial charge in [-0.1, -0.05) is 6.07 Å². The fraction of sp³-hybridized carbons (Fsp3) is 0.273. The zero-order chi connectivity index (χ0) is 23.8. The standard InChI is InChI=1S/C22H27N3O6S/c1-28-17-6-5-12(7-16(17)25-22(27)15(24)11-26)14(10-23)21(32)13-8-18(29-2)20(31-4)19(9-13)30-3/h5-10,15,23,26,32H,11,24H2,1-4H3,(H,25,27)/b21-14+,23-10?. The van der Waals surface area contributed by atoms with E-state index in [9.17, 15) is 4.79 Å². The first kappa shape index (κ1) is 25.1. The quantitative estimate of drug-likeness (QED) is 0.208. The molecule has 0 heterocycles. The molecule has 10 heteroatoms. The van der Waals surface area contributed by atoms with E-state index in [0.717, 1.165) is 6.21 Å². The van der Waals surface area contributed by atoms with Crippen molar-refractivity contribution in [3.8, 4) is 23.0 Å². The maximum atomic E-state index is 12.2. The second-order valence-corrected chi connectivity index (χ2v) is 6.96. The Bertz CT molecular complexity index is 1000. The van der Waals surface area contributed by atoms with E-state index in [4.69, 9.17) is 35.2 Å². The van der Waals surface area contributed by atoms with Gasteiger partial charge in [-0.15, -0.1) is 12.6 Å². The van der Waals surface area contributed by atoms with E-state index in [2.05, 4.69) is 17.9 Å². The topological polar surface area (TPSA) is 136 Å². The van der Waals surface area contributed by atoms with Gasteiger partial charge in [0.25, 0.3) is 0 Å². The van der Waals surface area contributed by atoms with Crippen LogP contribution >= 0.6 is 12.6 Å². The molecule has 1 amide bonds. The summed E-state index contributed by atoms with van der Waals surface area (Å²) >= 11 is 4.65. The van der Waals surface area contributed by atoms with Crippen LogP contribution in [0.3, 0.4) is 0 Å². The normalized spacial score (nSPS) is 12.3. The van der Waals surface area contributed by atoms with E-state index >= 15 is 0 Å². The van der Waals surface area contributed by atoms with E-state index in [1.807, 2.05) is 0 Å². The summed E-state index contributed by atoms with van der Waals surface area (Å²) in [6, 6.07) is 7.37. The van der Waals surface area contributed by atoms with Crippen molar-refractivity contribution in [2.24, 2.45) is 5.73 Å². The molecule has 1 unspecified atom stereocenters. The molecule has 1 atom stereocenters. The predicted molar refractivity (Wildman–Crippen MR) is 127 cm³/mol. The number of hydrogen-bond acceptors (Lipinski definition) is 9. The minimum atomic E-state index is -1.08. The van der Waals surface area contributed by atoms with Gasteiger partial charge in [0.05, 0.1) is 40.7 Å². The van der Waals surface area contributed by atoms with Gasteiger partial charge in [0.2, 0.25) is 11.7 Å². The Morgan fingerprint density at radius 1 is 1.06 bits per heavy atom. The number of carbonyl (C=O) groups is 1. The van der Waals surface area contributed by atoms with Crippen molar-refractivity contribution in [3.63, 3.8) is 0 Å². The van der Waals surface area contributed by atoms with Crippen molar-refractivity contribution in [1.82, 2.24) is 0 Å². The number of allylic oxidation sites excluding steroid dienone is 1.